The summed E-state index contributed by atoms with van der Waals surface area (Å²) < 4.78 is 6.00. The molecule has 6 nitrogen and oxygen atoms in total. The number of fused-ring (bicyclic) bond motifs is 1. The van der Waals surface area contributed by atoms with Gasteiger partial charge in [-0.1, -0.05) is 37.3 Å². The molecule has 0 saturated heterocycles. The van der Waals surface area contributed by atoms with E-state index in [1.807, 2.05) is 31.3 Å². The van der Waals surface area contributed by atoms with Gasteiger partial charge in [0, 0.05) is 55.8 Å². The lowest BCUT2D eigenvalue weighted by atomic mass is 9.81. The van der Waals surface area contributed by atoms with E-state index < -0.39 is 5.97 Å². The van der Waals surface area contributed by atoms with Gasteiger partial charge in [0.15, 0.2) is 0 Å². The van der Waals surface area contributed by atoms with Crippen LogP contribution in [0.2, 0.25) is 0 Å². The van der Waals surface area contributed by atoms with Crippen molar-refractivity contribution in [1.29, 1.82) is 0 Å². The topological polar surface area (TPSA) is 75.5 Å². The van der Waals surface area contributed by atoms with Gasteiger partial charge in [-0.15, -0.1) is 0 Å². The van der Waals surface area contributed by atoms with Crippen molar-refractivity contribution < 1.29 is 14.6 Å². The second-order valence-electron chi connectivity index (χ2n) is 8.48. The molecule has 1 aliphatic heterocycles. The van der Waals surface area contributed by atoms with Gasteiger partial charge in [0.2, 0.25) is 0 Å². The molecule has 1 aliphatic carbocycles. The molecular formula is C23H29N3O3. The van der Waals surface area contributed by atoms with Crippen LogP contribution in [0.25, 0.3) is 0 Å². The van der Waals surface area contributed by atoms with Crippen molar-refractivity contribution in [3.05, 3.63) is 59.2 Å². The Kier molecular flexibility index (Phi) is 6.21. The van der Waals surface area contributed by atoms with E-state index in [2.05, 4.69) is 22.0 Å². The van der Waals surface area contributed by atoms with Gasteiger partial charge in [-0.2, -0.15) is 0 Å². The van der Waals surface area contributed by atoms with Crippen LogP contribution < -0.4 is 0 Å². The van der Waals surface area contributed by atoms with Crippen LogP contribution in [0.5, 0.6) is 0 Å². The van der Waals surface area contributed by atoms with Gasteiger partial charge in [-0.25, -0.2) is 9.97 Å². The summed E-state index contributed by atoms with van der Waals surface area (Å²) in [4.78, 5) is 22.7. The molecule has 0 amide bonds. The molecule has 1 aromatic heterocycles. The molecule has 6 heteroatoms. The van der Waals surface area contributed by atoms with E-state index >= 15 is 0 Å². The molecule has 1 aromatic carbocycles. The number of carboxylic acid groups (broad SMARTS) is 1. The van der Waals surface area contributed by atoms with E-state index in [0.717, 1.165) is 50.4 Å². The molecule has 1 N–H and O–H groups in total. The van der Waals surface area contributed by atoms with E-state index in [1.54, 1.807) is 0 Å². The van der Waals surface area contributed by atoms with Crippen LogP contribution in [0.1, 0.15) is 54.7 Å². The van der Waals surface area contributed by atoms with Crippen LogP contribution in [0.3, 0.4) is 0 Å². The molecule has 2 heterocycles. The van der Waals surface area contributed by atoms with Crippen LogP contribution in [0, 0.1) is 5.92 Å². The maximum Gasteiger partial charge on any atom is 0.303 e. The highest BCUT2D eigenvalue weighted by molar-refractivity contribution is 5.66. The van der Waals surface area contributed by atoms with Gasteiger partial charge in [0.05, 0.1) is 12.7 Å². The third-order valence-electron chi connectivity index (χ3n) is 5.91. The number of aliphatic carboxylic acids is 1. The third kappa shape index (κ3) is 5.19. The molecule has 0 spiro atoms. The molecule has 0 bridgehead atoms. The molecule has 0 radical (unpaired) electrons. The van der Waals surface area contributed by atoms with Crippen molar-refractivity contribution in [1.82, 2.24) is 14.9 Å². The minimum absolute atomic E-state index is 0.150. The fourth-order valence-corrected chi connectivity index (χ4v) is 4.25. The quantitative estimate of drug-likeness (QED) is 0.738. The Bertz CT molecular complexity index is 837. The number of hydrogen-bond acceptors (Lipinski definition) is 5. The first-order valence-corrected chi connectivity index (χ1v) is 10.5. The number of nitrogens with zero attached hydrogens (tertiary/aromatic N) is 3. The lowest BCUT2D eigenvalue weighted by Crippen LogP contribution is -2.36. The van der Waals surface area contributed by atoms with Crippen LogP contribution in [-0.2, 0) is 29.1 Å². The summed E-state index contributed by atoms with van der Waals surface area (Å²) >= 11 is 0. The molecule has 29 heavy (non-hydrogen) atoms. The summed E-state index contributed by atoms with van der Waals surface area (Å²) in [5, 5.41) is 8.95. The molecule has 1 fully saturated rings. The van der Waals surface area contributed by atoms with E-state index in [4.69, 9.17) is 14.8 Å². The number of benzene rings is 1. The average molecular weight is 396 g/mol. The highest BCUT2D eigenvalue weighted by Crippen LogP contribution is 2.38. The largest absolute Gasteiger partial charge is 0.481 e. The van der Waals surface area contributed by atoms with Gasteiger partial charge in [0.1, 0.15) is 5.82 Å². The standard InChI is InChI=1S/C23H29N3O3/c1-16(9-22(27)28)13-26-8-7-21-19(14-26)12-24-23(25-21)18-10-20(11-18)29-15-17-5-3-2-4-6-17/h2-6,12,16,18,20H,7-11,13-15H2,1H3,(H,27,28). The third-order valence-corrected chi connectivity index (χ3v) is 5.91. The summed E-state index contributed by atoms with van der Waals surface area (Å²) in [5.41, 5.74) is 3.55. The predicted molar refractivity (Wildman–Crippen MR) is 109 cm³/mol. The molecule has 2 aromatic rings. The molecule has 1 saturated carbocycles. The number of carbonyl (C=O) groups is 1. The van der Waals surface area contributed by atoms with Crippen molar-refractivity contribution in [3.63, 3.8) is 0 Å². The maximum absolute atomic E-state index is 10.9. The van der Waals surface area contributed by atoms with Crippen LogP contribution in [0.15, 0.2) is 36.5 Å². The van der Waals surface area contributed by atoms with E-state index in [1.165, 1.54) is 11.1 Å². The highest BCUT2D eigenvalue weighted by atomic mass is 16.5. The van der Waals surface area contributed by atoms with Crippen molar-refractivity contribution in [2.24, 2.45) is 5.92 Å². The number of rotatable bonds is 8. The zero-order valence-corrected chi connectivity index (χ0v) is 17.0. The summed E-state index contributed by atoms with van der Waals surface area (Å²) in [6.45, 7) is 5.21. The van der Waals surface area contributed by atoms with Gasteiger partial charge in [-0.05, 0) is 24.3 Å². The molecule has 1 unspecified atom stereocenters. The maximum atomic E-state index is 10.9. The fraction of sp³-hybridized carbons (Fsp3) is 0.522. The Morgan fingerprint density at radius 1 is 1.31 bits per heavy atom. The minimum Gasteiger partial charge on any atom is -0.481 e. The molecule has 4 rings (SSSR count). The Hall–Kier alpha value is -2.31. The van der Waals surface area contributed by atoms with Gasteiger partial charge >= 0.3 is 5.97 Å². The average Bonchev–Trinajstić information content (AvgIpc) is 2.67. The molecule has 154 valence electrons. The monoisotopic (exact) mass is 395 g/mol. The van der Waals surface area contributed by atoms with Crippen LogP contribution in [-0.4, -0.2) is 45.1 Å². The molecular weight excluding hydrogens is 366 g/mol. The van der Waals surface area contributed by atoms with E-state index in [9.17, 15) is 4.79 Å². The predicted octanol–water partition coefficient (Wildman–Crippen LogP) is 3.41. The Balaban J connectivity index is 1.26. The van der Waals surface area contributed by atoms with Crippen molar-refractivity contribution in [3.8, 4) is 0 Å². The van der Waals surface area contributed by atoms with Gasteiger partial charge in [-0.3, -0.25) is 9.69 Å². The first-order valence-electron chi connectivity index (χ1n) is 10.5. The van der Waals surface area contributed by atoms with E-state index in [0.29, 0.717) is 18.6 Å². The Morgan fingerprint density at radius 2 is 2.10 bits per heavy atom. The summed E-state index contributed by atoms with van der Waals surface area (Å²) in [6.07, 6.45) is 5.38. The Labute approximate surface area is 171 Å². The van der Waals surface area contributed by atoms with Crippen molar-refractivity contribution in [2.45, 2.75) is 57.8 Å². The lowest BCUT2D eigenvalue weighted by Gasteiger charge is -2.35. The minimum atomic E-state index is -0.727. The highest BCUT2D eigenvalue weighted by Gasteiger charge is 2.34. The first-order chi connectivity index (χ1) is 14.1. The Morgan fingerprint density at radius 3 is 2.86 bits per heavy atom. The van der Waals surface area contributed by atoms with Crippen LogP contribution in [0.4, 0.5) is 0 Å². The fourth-order valence-electron chi connectivity index (χ4n) is 4.25. The van der Waals surface area contributed by atoms with Crippen LogP contribution >= 0.6 is 0 Å². The first kappa shape index (κ1) is 20.0. The lowest BCUT2D eigenvalue weighted by molar-refractivity contribution is -0.138. The van der Waals surface area contributed by atoms with Crippen molar-refractivity contribution >= 4 is 5.97 Å². The zero-order valence-electron chi connectivity index (χ0n) is 17.0. The molecule has 2 aliphatic rings. The summed E-state index contributed by atoms with van der Waals surface area (Å²) in [5.74, 6) is 0.775. The summed E-state index contributed by atoms with van der Waals surface area (Å²) in [7, 11) is 0. The number of aromatic nitrogens is 2. The number of carboxylic acids is 1. The van der Waals surface area contributed by atoms with E-state index in [-0.39, 0.29) is 12.3 Å². The second-order valence-corrected chi connectivity index (χ2v) is 8.48. The summed E-state index contributed by atoms with van der Waals surface area (Å²) in [6, 6.07) is 10.3. The second kappa shape index (κ2) is 9.01. The zero-order chi connectivity index (χ0) is 20.2. The van der Waals surface area contributed by atoms with Crippen molar-refractivity contribution in [2.75, 3.05) is 13.1 Å². The SMILES string of the molecule is CC(CC(=O)O)CN1CCc2nc(C3CC(OCc4ccccc4)C3)ncc2C1. The normalized spacial score (nSPS) is 22.5. The number of ether oxygens (including phenoxy) is 1. The smallest absolute Gasteiger partial charge is 0.303 e. The molecule has 1 atom stereocenters. The number of hydrogen-bond donors (Lipinski definition) is 1. The van der Waals surface area contributed by atoms with Gasteiger partial charge in [0.25, 0.3) is 0 Å². The van der Waals surface area contributed by atoms with Gasteiger partial charge < -0.3 is 9.84 Å².